The van der Waals surface area contributed by atoms with E-state index in [0.717, 1.165) is 36.4 Å². The van der Waals surface area contributed by atoms with E-state index in [-0.39, 0.29) is 23.6 Å². The zero-order valence-corrected chi connectivity index (χ0v) is 18.9. The molecule has 0 bridgehead atoms. The van der Waals surface area contributed by atoms with Gasteiger partial charge in [-0.15, -0.1) is 5.10 Å². The molecule has 0 radical (unpaired) electrons. The van der Waals surface area contributed by atoms with Crippen molar-refractivity contribution in [1.82, 2.24) is 24.9 Å². The predicted molar refractivity (Wildman–Crippen MR) is 117 cm³/mol. The van der Waals surface area contributed by atoms with E-state index in [1.165, 1.54) is 17.8 Å². The van der Waals surface area contributed by atoms with E-state index in [1.54, 1.807) is 16.6 Å². The van der Waals surface area contributed by atoms with E-state index in [1.807, 2.05) is 13.8 Å². The van der Waals surface area contributed by atoms with E-state index < -0.39 is 0 Å². The van der Waals surface area contributed by atoms with Gasteiger partial charge >= 0.3 is 0 Å². The Morgan fingerprint density at radius 2 is 2.19 bits per heavy atom. The highest BCUT2D eigenvalue weighted by molar-refractivity contribution is 7.99. The van der Waals surface area contributed by atoms with Crippen molar-refractivity contribution in [2.75, 3.05) is 18.9 Å². The van der Waals surface area contributed by atoms with Crippen LogP contribution in [0, 0.1) is 19.7 Å². The van der Waals surface area contributed by atoms with Crippen molar-refractivity contribution in [1.29, 1.82) is 0 Å². The Hall–Kier alpha value is -2.23. The fourth-order valence-corrected chi connectivity index (χ4v) is 4.48. The Morgan fingerprint density at radius 1 is 1.35 bits per heavy atom. The average Bonchev–Trinajstić information content (AvgIpc) is 3.39. The number of hydrogen-bond acceptors (Lipinski definition) is 6. The molecule has 0 saturated carbocycles. The maximum absolute atomic E-state index is 14.3. The summed E-state index contributed by atoms with van der Waals surface area (Å²) in [6.07, 6.45) is 2.43. The molecule has 3 heterocycles. The Kier molecular flexibility index (Phi) is 6.74. The van der Waals surface area contributed by atoms with Gasteiger partial charge < -0.3 is 10.1 Å². The van der Waals surface area contributed by atoms with Crippen molar-refractivity contribution in [3.63, 3.8) is 0 Å². The number of aromatic nitrogens is 4. The normalized spacial score (nSPS) is 16.2. The van der Waals surface area contributed by atoms with Crippen LogP contribution in [-0.4, -0.2) is 50.5 Å². The summed E-state index contributed by atoms with van der Waals surface area (Å²) in [4.78, 5) is 21.1. The van der Waals surface area contributed by atoms with Crippen molar-refractivity contribution in [3.8, 4) is 0 Å². The molecule has 164 valence electrons. The molecule has 0 unspecified atom stereocenters. The van der Waals surface area contributed by atoms with Crippen LogP contribution in [0.4, 0.5) is 4.39 Å². The first-order valence-corrected chi connectivity index (χ1v) is 11.5. The van der Waals surface area contributed by atoms with E-state index in [9.17, 15) is 9.18 Å². The maximum atomic E-state index is 14.3. The molecule has 0 aliphatic carbocycles. The highest BCUT2D eigenvalue weighted by Crippen LogP contribution is 2.26. The van der Waals surface area contributed by atoms with E-state index in [0.29, 0.717) is 34.5 Å². The molecule has 1 aromatic carbocycles. The third-order valence-electron chi connectivity index (χ3n) is 5.33. The first kappa shape index (κ1) is 22.0. The third-order valence-corrected chi connectivity index (χ3v) is 6.52. The fraction of sp³-hybridized carbons (Fsp3) is 0.429. The molecule has 1 atom stereocenters. The number of nitrogens with one attached hydrogen (secondary N) is 1. The minimum Gasteiger partial charge on any atom is -0.376 e. The van der Waals surface area contributed by atoms with Crippen LogP contribution >= 0.6 is 23.4 Å². The van der Waals surface area contributed by atoms with Crippen LogP contribution in [0.1, 0.15) is 35.4 Å². The van der Waals surface area contributed by atoms with E-state index >= 15 is 0 Å². The Bertz CT molecular complexity index is 1100. The SMILES string of the molecule is Cc1nc2nc(SCC(=O)NC[C@@H]3CCCO3)nn2c(C)c1Cc1c(F)cccc1Cl. The lowest BCUT2D eigenvalue weighted by atomic mass is 10.0. The van der Waals surface area contributed by atoms with Gasteiger partial charge in [0.15, 0.2) is 0 Å². The number of thioether (sulfide) groups is 1. The van der Waals surface area contributed by atoms with Crippen molar-refractivity contribution in [2.45, 2.75) is 44.4 Å². The third kappa shape index (κ3) is 4.99. The van der Waals surface area contributed by atoms with Crippen molar-refractivity contribution in [3.05, 3.63) is 51.6 Å². The number of benzene rings is 1. The van der Waals surface area contributed by atoms with Gasteiger partial charge in [-0.1, -0.05) is 29.4 Å². The number of fused-ring (bicyclic) bond motifs is 1. The van der Waals surface area contributed by atoms with Gasteiger partial charge in [-0.3, -0.25) is 4.79 Å². The topological polar surface area (TPSA) is 81.4 Å². The minimum absolute atomic E-state index is 0.0879. The molecule has 1 fully saturated rings. The van der Waals surface area contributed by atoms with Crippen molar-refractivity contribution in [2.24, 2.45) is 0 Å². The summed E-state index contributed by atoms with van der Waals surface area (Å²) >= 11 is 7.45. The first-order valence-electron chi connectivity index (χ1n) is 10.1. The molecule has 2 aromatic heterocycles. The van der Waals surface area contributed by atoms with Crippen molar-refractivity contribution >= 4 is 35.0 Å². The summed E-state index contributed by atoms with van der Waals surface area (Å²) < 4.78 is 21.4. The van der Waals surface area contributed by atoms with Crippen LogP contribution in [0.5, 0.6) is 0 Å². The Labute approximate surface area is 188 Å². The van der Waals surface area contributed by atoms with Crippen LogP contribution in [-0.2, 0) is 16.0 Å². The molecular formula is C21H23ClFN5O2S. The fourth-order valence-electron chi connectivity index (χ4n) is 3.60. The quantitative estimate of drug-likeness (QED) is 0.540. The van der Waals surface area contributed by atoms with Crippen LogP contribution in [0.2, 0.25) is 5.02 Å². The van der Waals surface area contributed by atoms with Gasteiger partial charge in [0, 0.05) is 41.5 Å². The van der Waals surface area contributed by atoms with Crippen molar-refractivity contribution < 1.29 is 13.9 Å². The number of hydrogen-bond donors (Lipinski definition) is 1. The summed E-state index contributed by atoms with van der Waals surface area (Å²) in [6, 6.07) is 4.65. The zero-order valence-electron chi connectivity index (χ0n) is 17.3. The number of aryl methyl sites for hydroxylation is 2. The van der Waals surface area contributed by atoms with Crippen LogP contribution in [0.25, 0.3) is 5.78 Å². The molecular weight excluding hydrogens is 441 g/mol. The van der Waals surface area contributed by atoms with Gasteiger partial charge in [-0.25, -0.2) is 13.9 Å². The second kappa shape index (κ2) is 9.50. The molecule has 31 heavy (non-hydrogen) atoms. The van der Waals surface area contributed by atoms with Gasteiger partial charge in [0.05, 0.1) is 11.9 Å². The standard InChI is InChI=1S/C21H23ClFN5O2S/c1-12-15(9-16-17(22)6-3-7-18(16)23)13(2)28-20(25-12)26-21(27-28)31-11-19(29)24-10-14-5-4-8-30-14/h3,6-7,14H,4-5,8-11H2,1-2H3,(H,24,29)/t14-/m0/s1. The van der Waals surface area contributed by atoms with Gasteiger partial charge in [-0.2, -0.15) is 4.98 Å². The van der Waals surface area contributed by atoms with E-state index in [2.05, 4.69) is 20.4 Å². The average molecular weight is 464 g/mol. The van der Waals surface area contributed by atoms with Gasteiger partial charge in [-0.05, 0) is 44.4 Å². The number of carbonyl (C=O) groups excluding carboxylic acids is 1. The minimum atomic E-state index is -0.352. The highest BCUT2D eigenvalue weighted by atomic mass is 35.5. The zero-order chi connectivity index (χ0) is 22.0. The predicted octanol–water partition coefficient (Wildman–Crippen LogP) is 3.51. The molecule has 1 amide bonds. The van der Waals surface area contributed by atoms with E-state index in [4.69, 9.17) is 16.3 Å². The smallest absolute Gasteiger partial charge is 0.253 e. The Morgan fingerprint density at radius 3 is 2.94 bits per heavy atom. The number of halogens is 2. The molecule has 1 aliphatic heterocycles. The summed E-state index contributed by atoms with van der Waals surface area (Å²) in [5, 5.41) is 8.21. The number of carbonyl (C=O) groups is 1. The summed E-state index contributed by atoms with van der Waals surface area (Å²) in [5.74, 6) is 0.213. The van der Waals surface area contributed by atoms with Gasteiger partial charge in [0.25, 0.3) is 5.78 Å². The lowest BCUT2D eigenvalue weighted by Crippen LogP contribution is -2.32. The van der Waals surface area contributed by atoms with Crippen LogP contribution < -0.4 is 5.32 Å². The lowest BCUT2D eigenvalue weighted by molar-refractivity contribution is -0.119. The largest absolute Gasteiger partial charge is 0.376 e. The molecule has 1 aliphatic rings. The molecule has 3 aromatic rings. The molecule has 10 heteroatoms. The molecule has 4 rings (SSSR count). The number of nitrogens with zero attached hydrogens (tertiary/aromatic N) is 4. The highest BCUT2D eigenvalue weighted by Gasteiger charge is 2.19. The van der Waals surface area contributed by atoms with Gasteiger partial charge in [0.1, 0.15) is 5.82 Å². The summed E-state index contributed by atoms with van der Waals surface area (Å²) in [5.41, 5.74) is 2.82. The summed E-state index contributed by atoms with van der Waals surface area (Å²) in [6.45, 7) is 5.04. The second-order valence-corrected chi connectivity index (χ2v) is 8.82. The van der Waals surface area contributed by atoms with Gasteiger partial charge in [0.2, 0.25) is 11.1 Å². The molecule has 0 spiro atoms. The number of rotatable bonds is 7. The first-order chi connectivity index (χ1) is 14.9. The molecule has 1 N–H and O–H groups in total. The molecule has 7 nitrogen and oxygen atoms in total. The lowest BCUT2D eigenvalue weighted by Gasteiger charge is -2.12. The maximum Gasteiger partial charge on any atom is 0.253 e. The second-order valence-electron chi connectivity index (χ2n) is 7.47. The Balaban J connectivity index is 1.47. The van der Waals surface area contributed by atoms with Crippen LogP contribution in [0.15, 0.2) is 23.4 Å². The molecule has 1 saturated heterocycles. The monoisotopic (exact) mass is 463 g/mol. The number of amides is 1. The summed E-state index contributed by atoms with van der Waals surface area (Å²) in [7, 11) is 0. The van der Waals surface area contributed by atoms with Crippen LogP contribution in [0.3, 0.4) is 0 Å². The number of ether oxygens (including phenoxy) is 1.